The summed E-state index contributed by atoms with van der Waals surface area (Å²) >= 11 is 6.21. The van der Waals surface area contributed by atoms with Gasteiger partial charge >= 0.3 is 0 Å². The van der Waals surface area contributed by atoms with Gasteiger partial charge in [0.25, 0.3) is 0 Å². The van der Waals surface area contributed by atoms with Crippen molar-refractivity contribution in [2.45, 2.75) is 52.1 Å². The number of nitrogens with zero attached hydrogens (tertiary/aromatic N) is 1. The number of nitrogens with two attached hydrogens (primary N) is 1. The number of hydrogen-bond acceptors (Lipinski definition) is 3. The second-order valence-electron chi connectivity index (χ2n) is 5.07. The van der Waals surface area contributed by atoms with Gasteiger partial charge in [-0.1, -0.05) is 55.1 Å². The third kappa shape index (κ3) is 5.39. The van der Waals surface area contributed by atoms with Crippen LogP contribution in [-0.2, 0) is 6.54 Å². The van der Waals surface area contributed by atoms with E-state index in [2.05, 4.69) is 24.3 Å². The number of oxime groups is 1. The van der Waals surface area contributed by atoms with Crippen LogP contribution in [0.3, 0.4) is 0 Å². The van der Waals surface area contributed by atoms with Gasteiger partial charge in [0.05, 0.1) is 0 Å². The summed E-state index contributed by atoms with van der Waals surface area (Å²) in [5, 5.41) is 15.7. The SMILES string of the molecule is CCCCCC(C)NCc1ccc(/C(N)=N/O)cc1Cl. The Kier molecular flexibility index (Phi) is 7.41. The summed E-state index contributed by atoms with van der Waals surface area (Å²) in [6.45, 7) is 5.12. The third-order valence-corrected chi connectivity index (χ3v) is 3.69. The maximum Gasteiger partial charge on any atom is 0.170 e. The zero-order valence-electron chi connectivity index (χ0n) is 12.2. The molecule has 0 heterocycles. The Morgan fingerprint density at radius 3 is 2.80 bits per heavy atom. The highest BCUT2D eigenvalue weighted by molar-refractivity contribution is 6.31. The Morgan fingerprint density at radius 2 is 2.20 bits per heavy atom. The number of unbranched alkanes of at least 4 members (excludes halogenated alkanes) is 2. The third-order valence-electron chi connectivity index (χ3n) is 3.34. The Morgan fingerprint density at radius 1 is 1.45 bits per heavy atom. The fourth-order valence-corrected chi connectivity index (χ4v) is 2.24. The summed E-state index contributed by atoms with van der Waals surface area (Å²) < 4.78 is 0. The molecule has 4 N–H and O–H groups in total. The van der Waals surface area contributed by atoms with E-state index in [1.807, 2.05) is 6.07 Å². The highest BCUT2D eigenvalue weighted by atomic mass is 35.5. The van der Waals surface area contributed by atoms with E-state index in [0.29, 0.717) is 16.6 Å². The molecule has 0 amide bonds. The quantitative estimate of drug-likeness (QED) is 0.226. The van der Waals surface area contributed by atoms with Gasteiger partial charge < -0.3 is 16.3 Å². The molecule has 0 spiro atoms. The van der Waals surface area contributed by atoms with Crippen LogP contribution in [0.1, 0.15) is 50.7 Å². The second-order valence-corrected chi connectivity index (χ2v) is 5.48. The van der Waals surface area contributed by atoms with Crippen LogP contribution in [0.25, 0.3) is 0 Å². The van der Waals surface area contributed by atoms with Crippen LogP contribution in [0.4, 0.5) is 0 Å². The summed E-state index contributed by atoms with van der Waals surface area (Å²) in [7, 11) is 0. The maximum absolute atomic E-state index is 8.63. The fraction of sp³-hybridized carbons (Fsp3) is 0.533. The maximum atomic E-state index is 8.63. The summed E-state index contributed by atoms with van der Waals surface area (Å²) in [5.41, 5.74) is 7.17. The van der Waals surface area contributed by atoms with Crippen molar-refractivity contribution in [3.8, 4) is 0 Å². The minimum atomic E-state index is 0.0688. The van der Waals surface area contributed by atoms with E-state index in [0.717, 1.165) is 12.1 Å². The van der Waals surface area contributed by atoms with E-state index in [1.54, 1.807) is 12.1 Å². The number of hydrogen-bond donors (Lipinski definition) is 3. The number of rotatable bonds is 8. The molecule has 4 nitrogen and oxygen atoms in total. The van der Waals surface area contributed by atoms with Crippen LogP contribution in [0.15, 0.2) is 23.4 Å². The molecule has 0 saturated heterocycles. The van der Waals surface area contributed by atoms with Crippen molar-refractivity contribution in [3.63, 3.8) is 0 Å². The van der Waals surface area contributed by atoms with Gasteiger partial charge in [0, 0.05) is 23.2 Å². The molecule has 112 valence electrons. The van der Waals surface area contributed by atoms with Gasteiger partial charge in [0.1, 0.15) is 0 Å². The van der Waals surface area contributed by atoms with Crippen molar-refractivity contribution in [3.05, 3.63) is 34.3 Å². The van der Waals surface area contributed by atoms with Crippen LogP contribution in [0.5, 0.6) is 0 Å². The standard InChI is InChI=1S/C15H24ClN3O/c1-3-4-5-6-11(2)18-10-13-8-7-12(9-14(13)16)15(17)19-20/h7-9,11,18,20H,3-6,10H2,1-2H3,(H2,17,19). The summed E-state index contributed by atoms with van der Waals surface area (Å²) in [6.07, 6.45) is 4.95. The van der Waals surface area contributed by atoms with Crippen molar-refractivity contribution >= 4 is 17.4 Å². The van der Waals surface area contributed by atoms with E-state index in [9.17, 15) is 0 Å². The van der Waals surface area contributed by atoms with Crippen LogP contribution in [-0.4, -0.2) is 17.1 Å². The molecule has 0 saturated carbocycles. The van der Waals surface area contributed by atoms with Gasteiger partial charge in [0.15, 0.2) is 5.84 Å². The van der Waals surface area contributed by atoms with E-state index in [4.69, 9.17) is 22.5 Å². The number of nitrogens with one attached hydrogen (secondary N) is 1. The highest BCUT2D eigenvalue weighted by Crippen LogP contribution is 2.18. The van der Waals surface area contributed by atoms with Gasteiger partial charge in [-0.05, 0) is 25.0 Å². The minimum Gasteiger partial charge on any atom is -0.409 e. The van der Waals surface area contributed by atoms with Crippen molar-refractivity contribution in [1.82, 2.24) is 5.32 Å². The lowest BCUT2D eigenvalue weighted by molar-refractivity contribution is 0.318. The first-order valence-electron chi connectivity index (χ1n) is 7.08. The first-order valence-corrected chi connectivity index (χ1v) is 7.46. The lowest BCUT2D eigenvalue weighted by Crippen LogP contribution is -2.25. The van der Waals surface area contributed by atoms with Gasteiger partial charge in [0.2, 0.25) is 0 Å². The molecule has 0 aromatic heterocycles. The van der Waals surface area contributed by atoms with Crippen molar-refractivity contribution < 1.29 is 5.21 Å². The van der Waals surface area contributed by atoms with Gasteiger partial charge in [-0.15, -0.1) is 0 Å². The second kappa shape index (κ2) is 8.82. The van der Waals surface area contributed by atoms with E-state index >= 15 is 0 Å². The summed E-state index contributed by atoms with van der Waals surface area (Å²) in [5.74, 6) is 0.0688. The molecule has 1 aromatic carbocycles. The fourth-order valence-electron chi connectivity index (χ4n) is 1.99. The first-order chi connectivity index (χ1) is 9.58. The molecular formula is C15H24ClN3O. The number of halogens is 1. The molecule has 0 aliphatic heterocycles. The average Bonchev–Trinajstić information content (AvgIpc) is 2.45. The van der Waals surface area contributed by atoms with Crippen LogP contribution < -0.4 is 11.1 Å². The molecule has 0 bridgehead atoms. The summed E-state index contributed by atoms with van der Waals surface area (Å²) in [4.78, 5) is 0. The molecular weight excluding hydrogens is 274 g/mol. The Balaban J connectivity index is 2.52. The Bertz CT molecular complexity index is 449. The zero-order chi connectivity index (χ0) is 15.0. The predicted octanol–water partition coefficient (Wildman–Crippen LogP) is 3.49. The average molecular weight is 298 g/mol. The van der Waals surface area contributed by atoms with Crippen LogP contribution >= 0.6 is 11.6 Å². The highest BCUT2D eigenvalue weighted by Gasteiger charge is 2.07. The van der Waals surface area contributed by atoms with Crippen molar-refractivity contribution in [1.29, 1.82) is 0 Å². The predicted molar refractivity (Wildman–Crippen MR) is 84.4 cm³/mol. The number of benzene rings is 1. The topological polar surface area (TPSA) is 70.6 Å². The first kappa shape index (κ1) is 16.8. The Hall–Kier alpha value is -1.26. The van der Waals surface area contributed by atoms with Crippen LogP contribution in [0.2, 0.25) is 5.02 Å². The van der Waals surface area contributed by atoms with E-state index < -0.39 is 0 Å². The minimum absolute atomic E-state index is 0.0688. The normalized spacial score (nSPS) is 13.4. The molecule has 1 unspecified atom stereocenters. The number of amidine groups is 1. The molecule has 1 aromatic rings. The lowest BCUT2D eigenvalue weighted by Gasteiger charge is -2.14. The molecule has 1 rings (SSSR count). The Labute approximate surface area is 126 Å². The molecule has 0 aliphatic rings. The van der Waals surface area contributed by atoms with E-state index in [-0.39, 0.29) is 5.84 Å². The molecule has 0 fully saturated rings. The van der Waals surface area contributed by atoms with Crippen molar-refractivity contribution in [2.24, 2.45) is 10.9 Å². The summed E-state index contributed by atoms with van der Waals surface area (Å²) in [6, 6.07) is 5.90. The smallest absolute Gasteiger partial charge is 0.170 e. The van der Waals surface area contributed by atoms with Gasteiger partial charge in [-0.2, -0.15) is 0 Å². The largest absolute Gasteiger partial charge is 0.409 e. The zero-order valence-corrected chi connectivity index (χ0v) is 13.0. The van der Waals surface area contributed by atoms with Crippen molar-refractivity contribution in [2.75, 3.05) is 0 Å². The molecule has 20 heavy (non-hydrogen) atoms. The van der Waals surface area contributed by atoms with Gasteiger partial charge in [-0.3, -0.25) is 0 Å². The van der Waals surface area contributed by atoms with Crippen LogP contribution in [0, 0.1) is 0 Å². The molecule has 5 heteroatoms. The molecule has 1 atom stereocenters. The van der Waals surface area contributed by atoms with E-state index in [1.165, 1.54) is 25.7 Å². The lowest BCUT2D eigenvalue weighted by atomic mass is 10.1. The molecule has 0 aliphatic carbocycles. The monoisotopic (exact) mass is 297 g/mol. The van der Waals surface area contributed by atoms with Gasteiger partial charge in [-0.25, -0.2) is 0 Å². The molecule has 0 radical (unpaired) electrons.